The maximum atomic E-state index is 5.03. The minimum atomic E-state index is 0.977. The number of para-hydroxylation sites is 2. The molecule has 14 aromatic rings. The van der Waals surface area contributed by atoms with Crippen LogP contribution in [0.5, 0.6) is 0 Å². The molecule has 12 aromatic carbocycles. The number of hydrogen-bond donors (Lipinski definition) is 0. The number of nitrogens with zero attached hydrogens (tertiary/aromatic N) is 2. The molecule has 14 rings (SSSR count). The second-order valence-electron chi connectivity index (χ2n) is 16.9. The summed E-state index contributed by atoms with van der Waals surface area (Å²) in [5, 5.41) is 20.4. The molecule has 2 heterocycles. The van der Waals surface area contributed by atoms with E-state index in [2.05, 4.69) is 212 Å². The lowest BCUT2D eigenvalue weighted by atomic mass is 9.82. The van der Waals surface area contributed by atoms with Gasteiger partial charge in [-0.2, -0.15) is 0 Å². The van der Waals surface area contributed by atoms with Gasteiger partial charge in [-0.3, -0.25) is 4.57 Å². The number of benzene rings is 12. The Labute approximate surface area is 366 Å². The molecule has 63 heavy (non-hydrogen) atoms. The zero-order valence-electron chi connectivity index (χ0n) is 34.4. The van der Waals surface area contributed by atoms with Gasteiger partial charge in [0, 0.05) is 30.9 Å². The van der Waals surface area contributed by atoms with Gasteiger partial charge in [-0.15, -0.1) is 11.3 Å². The quantitative estimate of drug-likeness (QED) is 0.128. The van der Waals surface area contributed by atoms with Gasteiger partial charge in [0.25, 0.3) is 0 Å². The third kappa shape index (κ3) is 4.86. The second-order valence-corrected chi connectivity index (χ2v) is 18.0. The van der Waals surface area contributed by atoms with Crippen molar-refractivity contribution in [3.8, 4) is 27.9 Å². The van der Waals surface area contributed by atoms with Gasteiger partial charge in [0.05, 0.1) is 16.7 Å². The molecule has 292 valence electrons. The summed E-state index contributed by atoms with van der Waals surface area (Å²) in [5.74, 6) is 0.977. The van der Waals surface area contributed by atoms with E-state index in [1.54, 1.807) is 0 Å². The third-order valence-corrected chi connectivity index (χ3v) is 14.8. The van der Waals surface area contributed by atoms with Gasteiger partial charge in [-0.25, -0.2) is 4.98 Å². The van der Waals surface area contributed by atoms with Crippen LogP contribution in [0.1, 0.15) is 5.82 Å². The molecule has 0 N–H and O–H groups in total. The maximum Gasteiger partial charge on any atom is 0.111 e. The monoisotopic (exact) mass is 816 g/mol. The molecule has 0 radical (unpaired) electrons. The van der Waals surface area contributed by atoms with E-state index < -0.39 is 0 Å². The highest BCUT2D eigenvalue weighted by atomic mass is 32.1. The first-order valence-corrected chi connectivity index (χ1v) is 22.5. The Morgan fingerprint density at radius 1 is 0.333 bits per heavy atom. The number of thiophene rings is 1. The number of aryl methyl sites for hydroxylation is 1. The minimum absolute atomic E-state index is 0.977. The van der Waals surface area contributed by atoms with Gasteiger partial charge in [-0.05, 0) is 124 Å². The predicted octanol–water partition coefficient (Wildman–Crippen LogP) is 17.1. The summed E-state index contributed by atoms with van der Waals surface area (Å²) in [6.07, 6.45) is 0. The fourth-order valence-electron chi connectivity index (χ4n) is 11.1. The smallest absolute Gasteiger partial charge is 0.111 e. The fraction of sp³-hybridized carbons (Fsp3) is 0.0167. The van der Waals surface area contributed by atoms with Crippen LogP contribution in [-0.4, -0.2) is 9.55 Å². The van der Waals surface area contributed by atoms with Crippen molar-refractivity contribution in [1.82, 2.24) is 9.55 Å². The van der Waals surface area contributed by atoms with Crippen LogP contribution in [0, 0.1) is 6.92 Å². The van der Waals surface area contributed by atoms with Crippen molar-refractivity contribution in [1.29, 1.82) is 0 Å². The molecule has 0 atom stereocenters. The average Bonchev–Trinajstić information content (AvgIpc) is 3.87. The van der Waals surface area contributed by atoms with Crippen LogP contribution in [0.3, 0.4) is 0 Å². The number of fused-ring (bicyclic) bond motifs is 14. The van der Waals surface area contributed by atoms with Crippen LogP contribution < -0.4 is 0 Å². The zero-order valence-corrected chi connectivity index (χ0v) is 35.2. The van der Waals surface area contributed by atoms with Gasteiger partial charge in [0.15, 0.2) is 0 Å². The van der Waals surface area contributed by atoms with Crippen molar-refractivity contribution in [3.05, 3.63) is 206 Å². The standard InChI is InChI=1S/C60H36N2S/c1-35-61-53-28-14-15-29-54(53)62(35)60-48-26-12-10-24-46(48)59(47-25-11-13-27-49(47)60)58-44-22-8-6-20-42(44)57(43-21-7-9-23-45(43)58)36-30-31-41-52-33-50-39-18-4-2-16-37(39)38-17-3-5-19-40(38)51(50)34-56(52)63-55(41)32-36/h2-34H,1H3. The van der Waals surface area contributed by atoms with Crippen LogP contribution in [0.25, 0.3) is 135 Å². The lowest BCUT2D eigenvalue weighted by Crippen LogP contribution is -2.01. The van der Waals surface area contributed by atoms with Crippen molar-refractivity contribution in [2.24, 2.45) is 0 Å². The van der Waals surface area contributed by atoms with E-state index in [9.17, 15) is 0 Å². The average molecular weight is 817 g/mol. The highest BCUT2D eigenvalue weighted by molar-refractivity contribution is 7.26. The van der Waals surface area contributed by atoms with E-state index in [1.165, 1.54) is 124 Å². The maximum absolute atomic E-state index is 5.03. The molecule has 0 saturated heterocycles. The number of hydrogen-bond acceptors (Lipinski definition) is 2. The Morgan fingerprint density at radius 3 is 1.30 bits per heavy atom. The molecule has 2 nitrogen and oxygen atoms in total. The van der Waals surface area contributed by atoms with E-state index >= 15 is 0 Å². The summed E-state index contributed by atoms with van der Waals surface area (Å²) < 4.78 is 4.99. The molecule has 0 unspecified atom stereocenters. The lowest BCUT2D eigenvalue weighted by Gasteiger charge is -2.22. The Bertz CT molecular complexity index is 4170. The SMILES string of the molecule is Cc1nc2ccccc2n1-c1c2ccccc2c(-c2c3ccccc3c(-c3ccc4c(c3)sc3cc5c6ccccc6c6ccccc6c5cc34)c3ccccc23)c2ccccc12. The molecule has 0 saturated carbocycles. The molecular weight excluding hydrogens is 781 g/mol. The molecular formula is C60H36N2S. The second kappa shape index (κ2) is 13.1. The van der Waals surface area contributed by atoms with Gasteiger partial charge >= 0.3 is 0 Å². The van der Waals surface area contributed by atoms with Crippen molar-refractivity contribution >= 4 is 118 Å². The Hall–Kier alpha value is -7.85. The molecule has 0 bridgehead atoms. The van der Waals surface area contributed by atoms with E-state index in [4.69, 9.17) is 4.98 Å². The number of rotatable bonds is 3. The molecule has 0 aliphatic carbocycles. The highest BCUT2D eigenvalue weighted by Crippen LogP contribution is 2.50. The Morgan fingerprint density at radius 2 is 0.746 bits per heavy atom. The van der Waals surface area contributed by atoms with E-state index in [0.717, 1.165) is 16.9 Å². The first-order chi connectivity index (χ1) is 31.2. The number of imidazole rings is 1. The van der Waals surface area contributed by atoms with Crippen molar-refractivity contribution in [3.63, 3.8) is 0 Å². The van der Waals surface area contributed by atoms with Crippen molar-refractivity contribution < 1.29 is 0 Å². The van der Waals surface area contributed by atoms with Crippen LogP contribution in [0.2, 0.25) is 0 Å². The van der Waals surface area contributed by atoms with Crippen LogP contribution in [-0.2, 0) is 0 Å². The van der Waals surface area contributed by atoms with Crippen LogP contribution in [0.15, 0.2) is 200 Å². The van der Waals surface area contributed by atoms with Gasteiger partial charge in [0.2, 0.25) is 0 Å². The van der Waals surface area contributed by atoms with Gasteiger partial charge < -0.3 is 0 Å². The molecule has 0 fully saturated rings. The van der Waals surface area contributed by atoms with Gasteiger partial charge in [-0.1, -0.05) is 170 Å². The fourth-order valence-corrected chi connectivity index (χ4v) is 12.2. The van der Waals surface area contributed by atoms with Gasteiger partial charge in [0.1, 0.15) is 5.82 Å². The predicted molar refractivity (Wildman–Crippen MR) is 272 cm³/mol. The van der Waals surface area contributed by atoms with E-state index in [0.29, 0.717) is 0 Å². The molecule has 2 aromatic heterocycles. The first kappa shape index (κ1) is 34.8. The minimum Gasteiger partial charge on any atom is -0.295 e. The topological polar surface area (TPSA) is 17.8 Å². The summed E-state index contributed by atoms with van der Waals surface area (Å²) >= 11 is 1.91. The summed E-state index contributed by atoms with van der Waals surface area (Å²) in [7, 11) is 0. The van der Waals surface area contributed by atoms with Crippen LogP contribution in [0.4, 0.5) is 0 Å². The van der Waals surface area contributed by atoms with Crippen LogP contribution >= 0.6 is 11.3 Å². The third-order valence-electron chi connectivity index (χ3n) is 13.7. The molecule has 0 amide bonds. The molecule has 0 spiro atoms. The Balaban J connectivity index is 1.05. The van der Waals surface area contributed by atoms with E-state index in [-0.39, 0.29) is 0 Å². The largest absolute Gasteiger partial charge is 0.295 e. The van der Waals surface area contributed by atoms with Crippen molar-refractivity contribution in [2.45, 2.75) is 6.92 Å². The number of aromatic nitrogens is 2. The highest BCUT2D eigenvalue weighted by Gasteiger charge is 2.24. The summed E-state index contributed by atoms with van der Waals surface area (Å²) in [6.45, 7) is 2.12. The molecule has 3 heteroatoms. The normalized spacial score (nSPS) is 12.2. The molecule has 0 aliphatic rings. The first-order valence-electron chi connectivity index (χ1n) is 21.7. The van der Waals surface area contributed by atoms with Crippen molar-refractivity contribution in [2.75, 3.05) is 0 Å². The van der Waals surface area contributed by atoms with E-state index in [1.807, 2.05) is 11.3 Å². The summed E-state index contributed by atoms with van der Waals surface area (Å²) in [4.78, 5) is 5.03. The lowest BCUT2D eigenvalue weighted by molar-refractivity contribution is 1.02. The zero-order chi connectivity index (χ0) is 41.3. The summed E-state index contributed by atoms with van der Waals surface area (Å²) in [6, 6.07) is 74.4. The molecule has 0 aliphatic heterocycles. The Kier molecular flexibility index (Phi) is 7.23. The summed E-state index contributed by atoms with van der Waals surface area (Å²) in [5.41, 5.74) is 8.34.